The van der Waals surface area contributed by atoms with Crippen molar-refractivity contribution in [1.82, 2.24) is 4.57 Å². The number of aromatic nitrogens is 1. The number of carbonyl (C=O) groups excluding carboxylic acids is 2. The minimum absolute atomic E-state index is 0.0213. The molecule has 7 heteroatoms. The van der Waals surface area contributed by atoms with Crippen molar-refractivity contribution in [3.63, 3.8) is 0 Å². The molecule has 0 bridgehead atoms. The van der Waals surface area contributed by atoms with Gasteiger partial charge in [-0.1, -0.05) is 6.07 Å². The number of nitrogens with zero attached hydrogens (tertiary/aromatic N) is 2. The zero-order valence-corrected chi connectivity index (χ0v) is 18.5. The molecule has 4 rings (SSSR count). The molecule has 33 heavy (non-hydrogen) atoms. The third-order valence-corrected chi connectivity index (χ3v) is 5.46. The molecule has 0 spiro atoms. The number of methoxy groups -OCH3 is 1. The molecule has 3 aromatic rings. The molecule has 1 aromatic heterocycles. The fraction of sp³-hybridized carbons (Fsp3) is 0.192. The largest absolute Gasteiger partial charge is 0.486 e. The quantitative estimate of drug-likeness (QED) is 0.251. The lowest BCUT2D eigenvalue weighted by atomic mass is 10.0. The summed E-state index contributed by atoms with van der Waals surface area (Å²) >= 11 is 0. The number of ketones is 1. The van der Waals surface area contributed by atoms with Crippen LogP contribution in [0.25, 0.3) is 11.8 Å². The van der Waals surface area contributed by atoms with E-state index in [1.165, 1.54) is 7.11 Å². The minimum atomic E-state index is -0.415. The third-order valence-electron chi connectivity index (χ3n) is 5.46. The van der Waals surface area contributed by atoms with E-state index in [4.69, 9.17) is 14.2 Å². The summed E-state index contributed by atoms with van der Waals surface area (Å²) in [6.07, 6.45) is 1.55. The lowest BCUT2D eigenvalue weighted by Crippen LogP contribution is -2.15. The van der Waals surface area contributed by atoms with Crippen LogP contribution in [0, 0.1) is 25.2 Å². The molecule has 0 saturated heterocycles. The topological polar surface area (TPSA) is 90.6 Å². The molecule has 2 aromatic carbocycles. The molecule has 0 N–H and O–H groups in total. The first kappa shape index (κ1) is 21.9. The van der Waals surface area contributed by atoms with Crippen LogP contribution in [0.3, 0.4) is 0 Å². The number of benzene rings is 2. The molecule has 0 unspecified atom stereocenters. The number of hydrogen-bond donors (Lipinski definition) is 0. The normalized spacial score (nSPS) is 12.7. The molecule has 2 heterocycles. The van der Waals surface area contributed by atoms with Gasteiger partial charge in [0.2, 0.25) is 5.78 Å². The molecule has 1 aliphatic heterocycles. The van der Waals surface area contributed by atoms with Gasteiger partial charge in [0.1, 0.15) is 24.9 Å². The fourth-order valence-corrected chi connectivity index (χ4v) is 3.86. The van der Waals surface area contributed by atoms with Gasteiger partial charge in [0.05, 0.1) is 12.7 Å². The summed E-state index contributed by atoms with van der Waals surface area (Å²) in [7, 11) is 1.33. The van der Waals surface area contributed by atoms with Gasteiger partial charge in [-0.2, -0.15) is 5.26 Å². The number of Topliss-reactive ketones (excluding diaryl/α,β-unsaturated/α-hetero) is 1. The number of rotatable bonds is 5. The molecule has 0 amide bonds. The lowest BCUT2D eigenvalue weighted by Gasteiger charge is -2.18. The van der Waals surface area contributed by atoms with E-state index in [2.05, 4.69) is 0 Å². The van der Waals surface area contributed by atoms with E-state index < -0.39 is 5.97 Å². The van der Waals surface area contributed by atoms with E-state index in [0.717, 1.165) is 11.4 Å². The number of hydrogen-bond acceptors (Lipinski definition) is 6. The SMILES string of the molecule is COC(=O)c1ccc(-n2c(C)cc(C(=O)/C(C#N)=C\c3ccc4c(c3)OCCO4)c2C)cc1. The zero-order chi connectivity index (χ0) is 23.5. The summed E-state index contributed by atoms with van der Waals surface area (Å²) in [4.78, 5) is 24.9. The average molecular weight is 442 g/mol. The second kappa shape index (κ2) is 9.05. The van der Waals surface area contributed by atoms with E-state index in [0.29, 0.717) is 47.1 Å². The first-order chi connectivity index (χ1) is 15.9. The van der Waals surface area contributed by atoms with Gasteiger partial charge in [-0.05, 0) is 68.0 Å². The maximum atomic E-state index is 13.2. The number of esters is 1. The number of aryl methyl sites for hydroxylation is 1. The van der Waals surface area contributed by atoms with Crippen molar-refractivity contribution in [2.45, 2.75) is 13.8 Å². The zero-order valence-electron chi connectivity index (χ0n) is 18.5. The Morgan fingerprint density at radius 1 is 1.03 bits per heavy atom. The predicted octanol–water partition coefficient (Wildman–Crippen LogP) is 4.44. The highest BCUT2D eigenvalue weighted by Crippen LogP contribution is 2.32. The summed E-state index contributed by atoms with van der Waals surface area (Å²) in [5.74, 6) is 0.456. The predicted molar refractivity (Wildman–Crippen MR) is 122 cm³/mol. The molecule has 7 nitrogen and oxygen atoms in total. The van der Waals surface area contributed by atoms with Crippen molar-refractivity contribution in [2.24, 2.45) is 0 Å². The highest BCUT2D eigenvalue weighted by molar-refractivity contribution is 6.14. The second-order valence-corrected chi connectivity index (χ2v) is 7.56. The Kier molecular flexibility index (Phi) is 6.01. The summed E-state index contributed by atoms with van der Waals surface area (Å²) in [6.45, 7) is 4.66. The molecule has 1 aliphatic rings. The van der Waals surface area contributed by atoms with Gasteiger partial charge in [0.15, 0.2) is 11.5 Å². The first-order valence-electron chi connectivity index (χ1n) is 10.4. The molecular weight excluding hydrogens is 420 g/mol. The van der Waals surface area contributed by atoms with Crippen molar-refractivity contribution >= 4 is 17.8 Å². The molecule has 0 radical (unpaired) electrons. The van der Waals surface area contributed by atoms with E-state index in [9.17, 15) is 14.9 Å². The van der Waals surface area contributed by atoms with Crippen LogP contribution in [0.4, 0.5) is 0 Å². The van der Waals surface area contributed by atoms with Crippen molar-refractivity contribution in [1.29, 1.82) is 5.26 Å². The molecule has 0 atom stereocenters. The highest BCUT2D eigenvalue weighted by atomic mass is 16.6. The van der Waals surface area contributed by atoms with Crippen LogP contribution in [0.15, 0.2) is 54.1 Å². The number of fused-ring (bicyclic) bond motifs is 1. The van der Waals surface area contributed by atoms with Crippen molar-refractivity contribution in [3.8, 4) is 23.3 Å². The Balaban J connectivity index is 1.66. The van der Waals surface area contributed by atoms with Crippen LogP contribution in [0.5, 0.6) is 11.5 Å². The maximum absolute atomic E-state index is 13.2. The Labute approximate surface area is 191 Å². The monoisotopic (exact) mass is 442 g/mol. The van der Waals surface area contributed by atoms with Gasteiger partial charge in [0, 0.05) is 22.6 Å². The highest BCUT2D eigenvalue weighted by Gasteiger charge is 2.21. The van der Waals surface area contributed by atoms with Crippen LogP contribution in [-0.4, -0.2) is 36.6 Å². The Morgan fingerprint density at radius 3 is 2.39 bits per heavy atom. The van der Waals surface area contributed by atoms with Gasteiger partial charge in [-0.15, -0.1) is 0 Å². The van der Waals surface area contributed by atoms with E-state index in [1.807, 2.05) is 24.5 Å². The van der Waals surface area contributed by atoms with Crippen LogP contribution in [0.2, 0.25) is 0 Å². The second-order valence-electron chi connectivity index (χ2n) is 7.56. The smallest absolute Gasteiger partial charge is 0.337 e. The van der Waals surface area contributed by atoms with Crippen molar-refractivity contribution < 1.29 is 23.8 Å². The number of ether oxygens (including phenoxy) is 3. The van der Waals surface area contributed by atoms with Crippen LogP contribution in [-0.2, 0) is 4.74 Å². The van der Waals surface area contributed by atoms with Crippen molar-refractivity contribution in [3.05, 3.63) is 82.2 Å². The number of nitriles is 1. The van der Waals surface area contributed by atoms with Crippen molar-refractivity contribution in [2.75, 3.05) is 20.3 Å². The fourth-order valence-electron chi connectivity index (χ4n) is 3.86. The van der Waals surface area contributed by atoms with E-state index in [1.54, 1.807) is 54.6 Å². The Bertz CT molecular complexity index is 1310. The number of allylic oxidation sites excluding steroid dienone is 1. The van der Waals surface area contributed by atoms with Crippen LogP contribution in [0.1, 0.15) is 37.7 Å². The Morgan fingerprint density at radius 2 is 1.73 bits per heavy atom. The van der Waals surface area contributed by atoms with E-state index in [-0.39, 0.29) is 11.4 Å². The molecule has 0 saturated carbocycles. The molecule has 0 aliphatic carbocycles. The Hall–Kier alpha value is -4.31. The lowest BCUT2D eigenvalue weighted by molar-refractivity contribution is 0.0600. The van der Waals surface area contributed by atoms with Gasteiger partial charge < -0.3 is 18.8 Å². The van der Waals surface area contributed by atoms with Gasteiger partial charge in [0.25, 0.3) is 0 Å². The van der Waals surface area contributed by atoms with Crippen LogP contribution >= 0.6 is 0 Å². The van der Waals surface area contributed by atoms with Crippen LogP contribution < -0.4 is 9.47 Å². The standard InChI is InChI=1S/C26H22N2O5/c1-16-12-22(17(2)28(16)21-7-5-19(6-8-21)26(30)31-3)25(29)20(15-27)13-18-4-9-23-24(14-18)33-11-10-32-23/h4-9,12-14H,10-11H2,1-3H3/b20-13-. The summed E-state index contributed by atoms with van der Waals surface area (Å²) in [6, 6.07) is 16.0. The summed E-state index contributed by atoms with van der Waals surface area (Å²) in [5, 5.41) is 9.70. The van der Waals surface area contributed by atoms with Gasteiger partial charge >= 0.3 is 5.97 Å². The molecule has 0 fully saturated rings. The summed E-state index contributed by atoms with van der Waals surface area (Å²) < 4.78 is 17.8. The molecular formula is C26H22N2O5. The first-order valence-corrected chi connectivity index (χ1v) is 10.4. The summed E-state index contributed by atoms with van der Waals surface area (Å²) in [5.41, 5.74) is 3.91. The average Bonchev–Trinajstić information content (AvgIpc) is 3.15. The molecule has 166 valence electrons. The van der Waals surface area contributed by atoms with Gasteiger partial charge in [-0.25, -0.2) is 4.79 Å². The van der Waals surface area contributed by atoms with E-state index >= 15 is 0 Å². The van der Waals surface area contributed by atoms with Gasteiger partial charge in [-0.3, -0.25) is 4.79 Å². The number of carbonyl (C=O) groups is 2. The minimum Gasteiger partial charge on any atom is -0.486 e. The third kappa shape index (κ3) is 4.23. The maximum Gasteiger partial charge on any atom is 0.337 e.